The van der Waals surface area contributed by atoms with Crippen molar-refractivity contribution < 1.29 is 19.1 Å². The molecule has 0 aliphatic heterocycles. The molecule has 2 N–H and O–H groups in total. The van der Waals surface area contributed by atoms with Crippen molar-refractivity contribution in [2.45, 2.75) is 6.61 Å². The first kappa shape index (κ1) is 23.3. The number of benzene rings is 3. The molecule has 2 amide bonds. The number of hydrogen-bond acceptors (Lipinski definition) is 5. The average Bonchev–Trinajstić information content (AvgIpc) is 2.80. The zero-order valence-electron chi connectivity index (χ0n) is 17.0. The Hall–Kier alpha value is -3.36. The zero-order chi connectivity index (χ0) is 22.9. The van der Waals surface area contributed by atoms with Gasteiger partial charge in [-0.2, -0.15) is 5.10 Å². The third-order valence-corrected chi connectivity index (χ3v) is 5.11. The number of halogens is 2. The molecule has 0 heterocycles. The molecule has 0 spiro atoms. The van der Waals surface area contributed by atoms with E-state index in [0.29, 0.717) is 27.8 Å². The van der Waals surface area contributed by atoms with Crippen molar-refractivity contribution >= 4 is 51.2 Å². The van der Waals surface area contributed by atoms with E-state index in [9.17, 15) is 9.59 Å². The molecule has 32 heavy (non-hydrogen) atoms. The molecule has 9 heteroatoms. The normalized spacial score (nSPS) is 10.6. The van der Waals surface area contributed by atoms with Crippen LogP contribution in [0.15, 0.2) is 76.3 Å². The SMILES string of the molecule is COc1cc(C=NNC(=O)C(=O)Nc2ccc(Br)cc2)ccc1OCc1ccccc1Cl. The van der Waals surface area contributed by atoms with Crippen LogP contribution in [0.5, 0.6) is 11.5 Å². The molecule has 0 unspecified atom stereocenters. The van der Waals surface area contributed by atoms with Crippen LogP contribution in [-0.4, -0.2) is 25.1 Å². The van der Waals surface area contributed by atoms with E-state index < -0.39 is 11.8 Å². The van der Waals surface area contributed by atoms with Crippen molar-refractivity contribution in [3.63, 3.8) is 0 Å². The largest absolute Gasteiger partial charge is 0.493 e. The second-order valence-corrected chi connectivity index (χ2v) is 7.77. The lowest BCUT2D eigenvalue weighted by molar-refractivity contribution is -0.136. The van der Waals surface area contributed by atoms with E-state index in [1.54, 1.807) is 48.5 Å². The Balaban J connectivity index is 1.57. The highest BCUT2D eigenvalue weighted by Crippen LogP contribution is 2.29. The molecule has 3 aromatic rings. The summed E-state index contributed by atoms with van der Waals surface area (Å²) in [6.07, 6.45) is 1.39. The fourth-order valence-corrected chi connectivity index (χ4v) is 3.05. The number of anilines is 1. The fourth-order valence-electron chi connectivity index (χ4n) is 2.59. The molecule has 0 aliphatic carbocycles. The highest BCUT2D eigenvalue weighted by molar-refractivity contribution is 9.10. The number of hydrazone groups is 1. The first-order chi connectivity index (χ1) is 15.5. The Kier molecular flexibility index (Phi) is 8.24. The van der Waals surface area contributed by atoms with E-state index in [2.05, 4.69) is 31.8 Å². The summed E-state index contributed by atoms with van der Waals surface area (Å²) in [5.41, 5.74) is 4.18. The van der Waals surface area contributed by atoms with E-state index >= 15 is 0 Å². The monoisotopic (exact) mass is 515 g/mol. The van der Waals surface area contributed by atoms with Crippen molar-refractivity contribution in [2.75, 3.05) is 12.4 Å². The van der Waals surface area contributed by atoms with Gasteiger partial charge in [-0.15, -0.1) is 0 Å². The Bertz CT molecular complexity index is 1140. The Morgan fingerprint density at radius 1 is 1.03 bits per heavy atom. The van der Waals surface area contributed by atoms with Gasteiger partial charge in [-0.3, -0.25) is 9.59 Å². The molecule has 0 radical (unpaired) electrons. The number of rotatable bonds is 7. The number of nitrogens with zero attached hydrogens (tertiary/aromatic N) is 1. The lowest BCUT2D eigenvalue weighted by atomic mass is 10.2. The van der Waals surface area contributed by atoms with Gasteiger partial charge < -0.3 is 14.8 Å². The van der Waals surface area contributed by atoms with Crippen molar-refractivity contribution in [3.8, 4) is 11.5 Å². The van der Waals surface area contributed by atoms with Gasteiger partial charge in [-0.1, -0.05) is 45.7 Å². The van der Waals surface area contributed by atoms with Crippen LogP contribution in [0.25, 0.3) is 0 Å². The van der Waals surface area contributed by atoms with Gasteiger partial charge >= 0.3 is 11.8 Å². The van der Waals surface area contributed by atoms with Crippen LogP contribution >= 0.6 is 27.5 Å². The second-order valence-electron chi connectivity index (χ2n) is 6.45. The minimum absolute atomic E-state index is 0.285. The van der Waals surface area contributed by atoms with Gasteiger partial charge in [-0.25, -0.2) is 5.43 Å². The first-order valence-electron chi connectivity index (χ1n) is 9.40. The Morgan fingerprint density at radius 2 is 1.78 bits per heavy atom. The van der Waals surface area contributed by atoms with E-state index in [4.69, 9.17) is 21.1 Å². The van der Waals surface area contributed by atoms with Crippen LogP contribution in [0.2, 0.25) is 5.02 Å². The summed E-state index contributed by atoms with van der Waals surface area (Å²) in [6, 6.07) is 19.4. The number of ether oxygens (including phenoxy) is 2. The summed E-state index contributed by atoms with van der Waals surface area (Å²) in [7, 11) is 1.52. The Labute approximate surface area is 198 Å². The summed E-state index contributed by atoms with van der Waals surface area (Å²) in [5.74, 6) is -0.705. The number of methoxy groups -OCH3 is 1. The van der Waals surface area contributed by atoms with E-state index in [1.165, 1.54) is 13.3 Å². The molecule has 7 nitrogen and oxygen atoms in total. The fraction of sp³-hybridized carbons (Fsp3) is 0.0870. The van der Waals surface area contributed by atoms with Crippen LogP contribution in [0.3, 0.4) is 0 Å². The number of carbonyl (C=O) groups excluding carboxylic acids is 2. The van der Waals surface area contributed by atoms with Crippen molar-refractivity contribution in [3.05, 3.63) is 87.4 Å². The molecule has 0 atom stereocenters. The summed E-state index contributed by atoms with van der Waals surface area (Å²) in [4.78, 5) is 23.9. The molecule has 0 saturated heterocycles. The van der Waals surface area contributed by atoms with Gasteiger partial charge in [0.25, 0.3) is 0 Å². The summed E-state index contributed by atoms with van der Waals surface area (Å²) >= 11 is 9.45. The van der Waals surface area contributed by atoms with E-state index in [1.807, 2.05) is 18.2 Å². The third-order valence-electron chi connectivity index (χ3n) is 4.22. The number of amides is 2. The van der Waals surface area contributed by atoms with Crippen LogP contribution in [0.1, 0.15) is 11.1 Å². The summed E-state index contributed by atoms with van der Waals surface area (Å²) in [5, 5.41) is 6.93. The molecule has 0 aliphatic rings. The van der Waals surface area contributed by atoms with Gasteiger partial charge in [0, 0.05) is 20.7 Å². The molecule has 0 fully saturated rings. The number of hydrogen-bond donors (Lipinski definition) is 2. The predicted octanol–water partition coefficient (Wildman–Crippen LogP) is 4.78. The molecule has 3 aromatic carbocycles. The summed E-state index contributed by atoms with van der Waals surface area (Å²) < 4.78 is 12.0. The van der Waals surface area contributed by atoms with Crippen LogP contribution in [-0.2, 0) is 16.2 Å². The first-order valence-corrected chi connectivity index (χ1v) is 10.6. The third kappa shape index (κ3) is 6.57. The highest BCUT2D eigenvalue weighted by Gasteiger charge is 2.13. The molecule has 0 aromatic heterocycles. The van der Waals surface area contributed by atoms with Crippen LogP contribution < -0.4 is 20.2 Å². The van der Waals surface area contributed by atoms with E-state index in [-0.39, 0.29) is 6.61 Å². The van der Waals surface area contributed by atoms with Crippen molar-refractivity contribution in [2.24, 2.45) is 5.10 Å². The van der Waals surface area contributed by atoms with Crippen LogP contribution in [0, 0.1) is 0 Å². The van der Waals surface area contributed by atoms with Gasteiger partial charge in [0.2, 0.25) is 0 Å². The lowest BCUT2D eigenvalue weighted by Gasteiger charge is -2.12. The second kappa shape index (κ2) is 11.3. The standard InChI is InChI=1S/C23H19BrClN3O4/c1-31-21-12-15(6-11-20(21)32-14-16-4-2-3-5-19(16)25)13-26-28-23(30)22(29)27-18-9-7-17(24)8-10-18/h2-13H,14H2,1H3,(H,27,29)(H,28,30). The van der Waals surface area contributed by atoms with Crippen molar-refractivity contribution in [1.29, 1.82) is 0 Å². The summed E-state index contributed by atoms with van der Waals surface area (Å²) in [6.45, 7) is 0.285. The predicted molar refractivity (Wildman–Crippen MR) is 127 cm³/mol. The number of carbonyl (C=O) groups is 2. The van der Waals surface area contributed by atoms with Gasteiger partial charge in [0.15, 0.2) is 11.5 Å². The molecule has 0 bridgehead atoms. The minimum Gasteiger partial charge on any atom is -0.493 e. The maximum atomic E-state index is 11.9. The minimum atomic E-state index is -0.893. The highest BCUT2D eigenvalue weighted by atomic mass is 79.9. The van der Waals surface area contributed by atoms with Gasteiger partial charge in [-0.05, 0) is 54.1 Å². The van der Waals surface area contributed by atoms with Crippen LogP contribution in [0.4, 0.5) is 5.69 Å². The maximum Gasteiger partial charge on any atom is 0.329 e. The van der Waals surface area contributed by atoms with Gasteiger partial charge in [0.1, 0.15) is 6.61 Å². The van der Waals surface area contributed by atoms with Crippen molar-refractivity contribution in [1.82, 2.24) is 5.43 Å². The molecule has 3 rings (SSSR count). The Morgan fingerprint density at radius 3 is 2.50 bits per heavy atom. The molecular formula is C23H19BrClN3O4. The maximum absolute atomic E-state index is 11.9. The molecule has 164 valence electrons. The lowest BCUT2D eigenvalue weighted by Crippen LogP contribution is -2.32. The molecule has 0 saturated carbocycles. The molecular weight excluding hydrogens is 498 g/mol. The van der Waals surface area contributed by atoms with E-state index in [0.717, 1.165) is 10.0 Å². The topological polar surface area (TPSA) is 89.0 Å². The van der Waals surface area contributed by atoms with Gasteiger partial charge in [0.05, 0.1) is 13.3 Å². The quantitative estimate of drug-likeness (QED) is 0.269. The zero-order valence-corrected chi connectivity index (χ0v) is 19.3. The average molecular weight is 517 g/mol. The number of nitrogens with one attached hydrogen (secondary N) is 2. The smallest absolute Gasteiger partial charge is 0.329 e.